The predicted octanol–water partition coefficient (Wildman–Crippen LogP) is 3.29. The van der Waals surface area contributed by atoms with E-state index in [4.69, 9.17) is 17.3 Å². The van der Waals surface area contributed by atoms with Gasteiger partial charge in [0.25, 0.3) is 0 Å². The number of hydrogen-bond acceptors (Lipinski definition) is 3. The van der Waals surface area contributed by atoms with Gasteiger partial charge in [-0.15, -0.1) is 0 Å². The standard InChI is InChI=1S/C12H14ClN3/c1-2-5-15-12-9-4-3-8(13)6-11(9)16-7-10(12)14/h3-4,6-7H,2,5,14H2,1H3,(H,15,16). The highest BCUT2D eigenvalue weighted by atomic mass is 35.5. The van der Waals surface area contributed by atoms with Gasteiger partial charge in [-0.25, -0.2) is 0 Å². The molecule has 1 aromatic heterocycles. The van der Waals surface area contributed by atoms with Gasteiger partial charge in [0.1, 0.15) is 0 Å². The number of nitrogens with two attached hydrogens (primary N) is 1. The molecule has 0 aliphatic rings. The van der Waals surface area contributed by atoms with Crippen molar-refractivity contribution in [2.24, 2.45) is 0 Å². The van der Waals surface area contributed by atoms with Crippen LogP contribution >= 0.6 is 11.6 Å². The molecule has 2 aromatic rings. The molecule has 0 aliphatic heterocycles. The van der Waals surface area contributed by atoms with Gasteiger partial charge in [0.2, 0.25) is 0 Å². The Hall–Kier alpha value is -1.48. The Morgan fingerprint density at radius 2 is 2.25 bits per heavy atom. The third kappa shape index (κ3) is 2.04. The number of fused-ring (bicyclic) bond motifs is 1. The van der Waals surface area contributed by atoms with Crippen LogP contribution in [0.2, 0.25) is 5.02 Å². The summed E-state index contributed by atoms with van der Waals surface area (Å²) in [7, 11) is 0. The Morgan fingerprint density at radius 1 is 1.44 bits per heavy atom. The van der Waals surface area contributed by atoms with Crippen molar-refractivity contribution in [2.45, 2.75) is 13.3 Å². The van der Waals surface area contributed by atoms with Crippen LogP contribution in [0.4, 0.5) is 11.4 Å². The molecule has 2 rings (SSSR count). The van der Waals surface area contributed by atoms with Gasteiger partial charge >= 0.3 is 0 Å². The minimum Gasteiger partial charge on any atom is -0.396 e. The van der Waals surface area contributed by atoms with Crippen molar-refractivity contribution in [3.8, 4) is 0 Å². The molecule has 84 valence electrons. The van der Waals surface area contributed by atoms with Crippen molar-refractivity contribution in [3.63, 3.8) is 0 Å². The van der Waals surface area contributed by atoms with Gasteiger partial charge in [0, 0.05) is 17.0 Å². The second-order valence-corrected chi connectivity index (χ2v) is 4.11. The van der Waals surface area contributed by atoms with E-state index in [1.54, 1.807) is 6.20 Å². The molecule has 0 unspecified atom stereocenters. The first-order valence-corrected chi connectivity index (χ1v) is 5.67. The molecule has 0 amide bonds. The zero-order valence-electron chi connectivity index (χ0n) is 9.13. The van der Waals surface area contributed by atoms with Crippen LogP contribution in [0.5, 0.6) is 0 Å². The molecule has 4 heteroatoms. The number of hydrogen-bond donors (Lipinski definition) is 2. The van der Waals surface area contributed by atoms with Crippen LogP contribution in [0.15, 0.2) is 24.4 Å². The highest BCUT2D eigenvalue weighted by molar-refractivity contribution is 6.31. The molecular weight excluding hydrogens is 222 g/mol. The number of pyridine rings is 1. The van der Waals surface area contributed by atoms with Gasteiger partial charge in [0.15, 0.2) is 0 Å². The van der Waals surface area contributed by atoms with E-state index in [9.17, 15) is 0 Å². The minimum absolute atomic E-state index is 0.670. The predicted molar refractivity (Wildman–Crippen MR) is 69.9 cm³/mol. The molecule has 16 heavy (non-hydrogen) atoms. The molecule has 0 spiro atoms. The number of aromatic nitrogens is 1. The molecule has 0 aliphatic carbocycles. The largest absolute Gasteiger partial charge is 0.396 e. The van der Waals surface area contributed by atoms with E-state index in [2.05, 4.69) is 17.2 Å². The number of benzene rings is 1. The molecule has 1 aromatic carbocycles. The Kier molecular flexibility index (Phi) is 3.15. The molecule has 0 bridgehead atoms. The summed E-state index contributed by atoms with van der Waals surface area (Å²) in [5, 5.41) is 5.02. The normalized spacial score (nSPS) is 10.6. The van der Waals surface area contributed by atoms with Crippen molar-refractivity contribution in [1.29, 1.82) is 0 Å². The topological polar surface area (TPSA) is 50.9 Å². The average Bonchev–Trinajstić information content (AvgIpc) is 2.28. The lowest BCUT2D eigenvalue weighted by Crippen LogP contribution is -2.04. The van der Waals surface area contributed by atoms with E-state index in [1.807, 2.05) is 18.2 Å². The van der Waals surface area contributed by atoms with E-state index in [0.717, 1.165) is 29.6 Å². The van der Waals surface area contributed by atoms with Gasteiger partial charge < -0.3 is 11.1 Å². The summed E-state index contributed by atoms with van der Waals surface area (Å²) in [5.41, 5.74) is 8.39. The highest BCUT2D eigenvalue weighted by Crippen LogP contribution is 2.29. The molecule has 0 atom stereocenters. The van der Waals surface area contributed by atoms with Crippen molar-refractivity contribution >= 4 is 33.9 Å². The summed E-state index contributed by atoms with van der Waals surface area (Å²) in [4.78, 5) is 4.26. The minimum atomic E-state index is 0.670. The molecular formula is C12H14ClN3. The molecule has 3 N–H and O–H groups in total. The van der Waals surface area contributed by atoms with E-state index in [1.165, 1.54) is 0 Å². The van der Waals surface area contributed by atoms with E-state index >= 15 is 0 Å². The van der Waals surface area contributed by atoms with Crippen LogP contribution < -0.4 is 11.1 Å². The van der Waals surface area contributed by atoms with E-state index in [-0.39, 0.29) is 0 Å². The Morgan fingerprint density at radius 3 is 3.00 bits per heavy atom. The lowest BCUT2D eigenvalue weighted by atomic mass is 10.1. The second kappa shape index (κ2) is 4.58. The van der Waals surface area contributed by atoms with Crippen LogP contribution in [0.3, 0.4) is 0 Å². The molecule has 0 radical (unpaired) electrons. The number of anilines is 2. The second-order valence-electron chi connectivity index (χ2n) is 3.68. The zero-order chi connectivity index (χ0) is 11.5. The number of rotatable bonds is 3. The molecule has 0 saturated heterocycles. The number of nitrogens with one attached hydrogen (secondary N) is 1. The summed E-state index contributed by atoms with van der Waals surface area (Å²) < 4.78 is 0. The number of halogens is 1. The molecule has 0 fully saturated rings. The van der Waals surface area contributed by atoms with Crippen LogP contribution in [-0.4, -0.2) is 11.5 Å². The summed E-state index contributed by atoms with van der Waals surface area (Å²) in [5.74, 6) is 0. The van der Waals surface area contributed by atoms with Gasteiger partial charge in [-0.1, -0.05) is 18.5 Å². The fraction of sp³-hybridized carbons (Fsp3) is 0.250. The maximum atomic E-state index is 5.92. The average molecular weight is 236 g/mol. The highest BCUT2D eigenvalue weighted by Gasteiger charge is 2.06. The fourth-order valence-corrected chi connectivity index (χ4v) is 1.80. The van der Waals surface area contributed by atoms with Gasteiger partial charge in [-0.2, -0.15) is 0 Å². The van der Waals surface area contributed by atoms with Gasteiger partial charge in [-0.05, 0) is 24.6 Å². The first kappa shape index (κ1) is 11.0. The summed E-state index contributed by atoms with van der Waals surface area (Å²) in [6, 6.07) is 5.63. The SMILES string of the molecule is CCCNc1c(N)cnc2cc(Cl)ccc12. The Balaban J connectivity index is 2.55. The van der Waals surface area contributed by atoms with Crippen molar-refractivity contribution < 1.29 is 0 Å². The Labute approximate surface area is 99.6 Å². The molecule has 1 heterocycles. The monoisotopic (exact) mass is 235 g/mol. The van der Waals surface area contributed by atoms with Crippen molar-refractivity contribution in [1.82, 2.24) is 4.98 Å². The van der Waals surface area contributed by atoms with Gasteiger partial charge in [0.05, 0.1) is 23.1 Å². The third-order valence-electron chi connectivity index (χ3n) is 2.41. The zero-order valence-corrected chi connectivity index (χ0v) is 9.88. The lowest BCUT2D eigenvalue weighted by Gasteiger charge is -2.11. The van der Waals surface area contributed by atoms with Crippen LogP contribution in [0, 0.1) is 0 Å². The Bertz CT molecular complexity index is 511. The summed E-state index contributed by atoms with van der Waals surface area (Å²) in [6.07, 6.45) is 2.72. The molecule has 3 nitrogen and oxygen atoms in total. The maximum absolute atomic E-state index is 5.92. The van der Waals surface area contributed by atoms with Gasteiger partial charge in [-0.3, -0.25) is 4.98 Å². The number of nitrogens with zero attached hydrogens (tertiary/aromatic N) is 1. The number of nitrogen functional groups attached to an aromatic ring is 1. The third-order valence-corrected chi connectivity index (χ3v) is 2.65. The summed E-state index contributed by atoms with van der Waals surface area (Å²) >= 11 is 5.92. The van der Waals surface area contributed by atoms with Crippen molar-refractivity contribution in [3.05, 3.63) is 29.4 Å². The molecule has 0 saturated carbocycles. The van der Waals surface area contributed by atoms with Crippen LogP contribution in [0.25, 0.3) is 10.9 Å². The smallest absolute Gasteiger partial charge is 0.0743 e. The quantitative estimate of drug-likeness (QED) is 0.858. The van der Waals surface area contributed by atoms with E-state index < -0.39 is 0 Å². The van der Waals surface area contributed by atoms with Crippen LogP contribution in [-0.2, 0) is 0 Å². The lowest BCUT2D eigenvalue weighted by molar-refractivity contribution is 0.981. The summed E-state index contributed by atoms with van der Waals surface area (Å²) in [6.45, 7) is 3.01. The maximum Gasteiger partial charge on any atom is 0.0743 e. The van der Waals surface area contributed by atoms with E-state index in [0.29, 0.717) is 10.7 Å². The fourth-order valence-electron chi connectivity index (χ4n) is 1.63. The first-order chi connectivity index (χ1) is 7.72. The van der Waals surface area contributed by atoms with Crippen molar-refractivity contribution in [2.75, 3.05) is 17.6 Å². The first-order valence-electron chi connectivity index (χ1n) is 5.30. The van der Waals surface area contributed by atoms with Crippen LogP contribution in [0.1, 0.15) is 13.3 Å².